The monoisotopic (exact) mass is 476 g/mol. The molecule has 2 aliphatic carbocycles. The molecule has 0 heterocycles. The summed E-state index contributed by atoms with van der Waals surface area (Å²) in [6.07, 6.45) is 1.45. The fourth-order valence-electron chi connectivity index (χ4n) is 3.69. The van der Waals surface area contributed by atoms with Gasteiger partial charge in [-0.25, -0.2) is 9.59 Å². The topological polar surface area (TPSA) is 78.9 Å². The van der Waals surface area contributed by atoms with Crippen LogP contribution in [-0.2, 0) is 28.6 Å². The van der Waals surface area contributed by atoms with Crippen molar-refractivity contribution < 1.29 is 54.9 Å². The van der Waals surface area contributed by atoms with E-state index in [0.717, 1.165) is 6.42 Å². The molecule has 0 aliphatic heterocycles. The molecule has 2 rings (SSSR count). The van der Waals surface area contributed by atoms with Crippen LogP contribution in [0.5, 0.6) is 0 Å². The number of ether oxygens (including phenoxy) is 3. The summed E-state index contributed by atoms with van der Waals surface area (Å²) in [6.45, 7) is 2.89. The number of rotatable bonds is 10. The van der Waals surface area contributed by atoms with Crippen LogP contribution >= 0.6 is 0 Å². The number of esters is 3. The summed E-state index contributed by atoms with van der Waals surface area (Å²) in [5.41, 5.74) is -0.928. The summed E-state index contributed by atoms with van der Waals surface area (Å²) < 4.78 is 96.9. The first-order valence-electron chi connectivity index (χ1n) is 10.3. The molecule has 2 bridgehead atoms. The smallest absolute Gasteiger partial charge is 0.411 e. The molecular formula is C20H26F6O6. The Bertz CT molecular complexity index is 738. The van der Waals surface area contributed by atoms with Crippen LogP contribution in [0.3, 0.4) is 0 Å². The number of alkyl halides is 6. The Balaban J connectivity index is 1.95. The lowest BCUT2D eigenvalue weighted by atomic mass is 9.91. The zero-order valence-corrected chi connectivity index (χ0v) is 17.9. The molecule has 0 spiro atoms. The normalized spacial score (nSPS) is 23.7. The molecule has 0 amide bonds. The lowest BCUT2D eigenvalue weighted by Crippen LogP contribution is -2.62. The molecule has 6 nitrogen and oxygen atoms in total. The summed E-state index contributed by atoms with van der Waals surface area (Å²) in [5.74, 6) is -25.2. The SMILES string of the molecule is CCC(C)(C)C(=O)OCCOC(=O)C(F)(F)C(F)(F)C(F)(F)C(=O)OC1CC2CCC1C2. The Morgan fingerprint density at radius 3 is 1.81 bits per heavy atom. The van der Waals surface area contributed by atoms with E-state index < -0.39 is 60.4 Å². The molecule has 0 aromatic heterocycles. The summed E-state index contributed by atoms with van der Waals surface area (Å²) in [4.78, 5) is 34.8. The van der Waals surface area contributed by atoms with E-state index in [9.17, 15) is 40.7 Å². The highest BCUT2D eigenvalue weighted by Crippen LogP contribution is 2.49. The molecule has 0 aromatic rings. The van der Waals surface area contributed by atoms with Crippen molar-refractivity contribution in [3.63, 3.8) is 0 Å². The molecule has 12 heteroatoms. The first-order valence-corrected chi connectivity index (χ1v) is 10.3. The summed E-state index contributed by atoms with van der Waals surface area (Å²) >= 11 is 0. The molecule has 2 saturated carbocycles. The van der Waals surface area contributed by atoms with Crippen molar-refractivity contribution in [2.75, 3.05) is 13.2 Å². The molecule has 2 aliphatic rings. The van der Waals surface area contributed by atoms with Crippen LogP contribution in [0.2, 0.25) is 0 Å². The van der Waals surface area contributed by atoms with Gasteiger partial charge in [0, 0.05) is 0 Å². The Morgan fingerprint density at radius 2 is 1.34 bits per heavy atom. The van der Waals surface area contributed by atoms with Gasteiger partial charge in [0.2, 0.25) is 0 Å². The van der Waals surface area contributed by atoms with Gasteiger partial charge in [0.1, 0.15) is 19.3 Å². The van der Waals surface area contributed by atoms with Gasteiger partial charge in [-0.2, -0.15) is 26.3 Å². The maximum absolute atomic E-state index is 14.0. The molecule has 184 valence electrons. The van der Waals surface area contributed by atoms with E-state index in [1.54, 1.807) is 6.92 Å². The fraction of sp³-hybridized carbons (Fsp3) is 0.850. The van der Waals surface area contributed by atoms with E-state index >= 15 is 0 Å². The first-order chi connectivity index (χ1) is 14.6. The number of hydrogen-bond acceptors (Lipinski definition) is 6. The van der Waals surface area contributed by atoms with E-state index in [1.165, 1.54) is 13.8 Å². The highest BCUT2D eigenvalue weighted by atomic mass is 19.3. The average Bonchev–Trinajstić information content (AvgIpc) is 3.33. The Labute approximate surface area is 180 Å². The number of carbonyl (C=O) groups is 3. The van der Waals surface area contributed by atoms with Crippen LogP contribution in [0.15, 0.2) is 0 Å². The molecular weight excluding hydrogens is 450 g/mol. The van der Waals surface area contributed by atoms with Gasteiger partial charge >= 0.3 is 35.7 Å². The van der Waals surface area contributed by atoms with E-state index in [4.69, 9.17) is 0 Å². The highest BCUT2D eigenvalue weighted by Gasteiger charge is 2.79. The zero-order valence-electron chi connectivity index (χ0n) is 17.9. The quantitative estimate of drug-likeness (QED) is 0.204. The molecule has 2 fully saturated rings. The lowest BCUT2D eigenvalue weighted by Gasteiger charge is -2.31. The van der Waals surface area contributed by atoms with Crippen LogP contribution in [0.1, 0.15) is 52.9 Å². The Morgan fingerprint density at radius 1 is 0.812 bits per heavy atom. The molecule has 0 aromatic carbocycles. The predicted molar refractivity (Wildman–Crippen MR) is 96.2 cm³/mol. The highest BCUT2D eigenvalue weighted by molar-refractivity contribution is 5.85. The Kier molecular flexibility index (Phi) is 7.45. The minimum absolute atomic E-state index is 0.111. The zero-order chi connectivity index (χ0) is 24.5. The van der Waals surface area contributed by atoms with Gasteiger partial charge < -0.3 is 14.2 Å². The molecule has 3 unspecified atom stereocenters. The van der Waals surface area contributed by atoms with Crippen LogP contribution < -0.4 is 0 Å². The van der Waals surface area contributed by atoms with Gasteiger partial charge in [0.05, 0.1) is 5.41 Å². The van der Waals surface area contributed by atoms with E-state index in [1.807, 2.05) is 0 Å². The van der Waals surface area contributed by atoms with Crippen LogP contribution in [0.4, 0.5) is 26.3 Å². The minimum atomic E-state index is -6.41. The molecule has 0 saturated heterocycles. The summed E-state index contributed by atoms with van der Waals surface area (Å²) in [5, 5.41) is 0. The molecule has 3 atom stereocenters. The number of hydrogen-bond donors (Lipinski definition) is 0. The second kappa shape index (κ2) is 9.09. The Hall–Kier alpha value is -2.01. The van der Waals surface area contributed by atoms with Crippen LogP contribution in [0.25, 0.3) is 0 Å². The van der Waals surface area contributed by atoms with Crippen molar-refractivity contribution in [1.29, 1.82) is 0 Å². The maximum Gasteiger partial charge on any atom is 0.411 e. The second-order valence-electron chi connectivity index (χ2n) is 8.85. The number of fused-ring (bicyclic) bond motifs is 2. The third-order valence-electron chi connectivity index (χ3n) is 6.22. The van der Waals surface area contributed by atoms with Crippen molar-refractivity contribution in [2.45, 2.75) is 76.7 Å². The first kappa shape index (κ1) is 26.2. The average molecular weight is 476 g/mol. The third-order valence-corrected chi connectivity index (χ3v) is 6.22. The standard InChI is InChI=1S/C20H26F6O6/c1-4-17(2,3)14(27)30-7-8-31-15(28)18(21,22)20(25,26)19(23,24)16(29)32-13-10-11-5-6-12(13)9-11/h11-13H,4-10H2,1-3H3. The van der Waals surface area contributed by atoms with E-state index in [2.05, 4.69) is 14.2 Å². The maximum atomic E-state index is 14.0. The minimum Gasteiger partial charge on any atom is -0.462 e. The van der Waals surface area contributed by atoms with Gasteiger partial charge in [-0.15, -0.1) is 0 Å². The lowest BCUT2D eigenvalue weighted by molar-refractivity contribution is -0.302. The summed E-state index contributed by atoms with van der Waals surface area (Å²) in [6, 6.07) is 0. The van der Waals surface area contributed by atoms with Crippen molar-refractivity contribution in [1.82, 2.24) is 0 Å². The van der Waals surface area contributed by atoms with Crippen LogP contribution in [0, 0.1) is 17.3 Å². The van der Waals surface area contributed by atoms with Gasteiger partial charge in [0.25, 0.3) is 0 Å². The third kappa shape index (κ3) is 4.83. The van der Waals surface area contributed by atoms with E-state index in [-0.39, 0.29) is 18.3 Å². The van der Waals surface area contributed by atoms with Gasteiger partial charge in [-0.3, -0.25) is 4.79 Å². The number of carbonyl (C=O) groups excluding carboxylic acids is 3. The van der Waals surface area contributed by atoms with E-state index in [0.29, 0.717) is 19.3 Å². The van der Waals surface area contributed by atoms with Gasteiger partial charge in [-0.05, 0) is 57.8 Å². The molecule has 0 radical (unpaired) electrons. The van der Waals surface area contributed by atoms with Crippen molar-refractivity contribution in [3.8, 4) is 0 Å². The largest absolute Gasteiger partial charge is 0.462 e. The second-order valence-corrected chi connectivity index (χ2v) is 8.85. The fourth-order valence-corrected chi connectivity index (χ4v) is 3.69. The van der Waals surface area contributed by atoms with Crippen molar-refractivity contribution in [3.05, 3.63) is 0 Å². The van der Waals surface area contributed by atoms with Crippen molar-refractivity contribution >= 4 is 17.9 Å². The van der Waals surface area contributed by atoms with Gasteiger partial charge in [-0.1, -0.05) is 6.92 Å². The summed E-state index contributed by atoms with van der Waals surface area (Å²) in [7, 11) is 0. The van der Waals surface area contributed by atoms with Crippen molar-refractivity contribution in [2.24, 2.45) is 17.3 Å². The predicted octanol–water partition coefficient (Wildman–Crippen LogP) is 4.15. The van der Waals surface area contributed by atoms with Crippen LogP contribution in [-0.4, -0.2) is 55.0 Å². The number of halogens is 6. The molecule has 32 heavy (non-hydrogen) atoms. The van der Waals surface area contributed by atoms with Gasteiger partial charge in [0.15, 0.2) is 0 Å². The molecule has 0 N–H and O–H groups in total.